The maximum absolute atomic E-state index is 13.8. The van der Waals surface area contributed by atoms with Gasteiger partial charge in [0.2, 0.25) is 5.91 Å². The van der Waals surface area contributed by atoms with Crippen LogP contribution in [0, 0.1) is 5.82 Å². The van der Waals surface area contributed by atoms with Crippen molar-refractivity contribution in [3.8, 4) is 0 Å². The van der Waals surface area contributed by atoms with E-state index in [1.165, 1.54) is 6.07 Å². The number of carbonyl (C=O) groups is 1. The Bertz CT molecular complexity index is 804. The first kappa shape index (κ1) is 17.1. The molecule has 0 bridgehead atoms. The SMILES string of the molecule is CC(CC(=O)Nc1cc(S(C)(=O)=O)ccc1F)c1ccccc1. The number of hydrogen-bond donors (Lipinski definition) is 1. The van der Waals surface area contributed by atoms with Gasteiger partial charge in [0, 0.05) is 12.7 Å². The van der Waals surface area contributed by atoms with E-state index in [9.17, 15) is 17.6 Å². The van der Waals surface area contributed by atoms with E-state index in [0.717, 1.165) is 24.0 Å². The van der Waals surface area contributed by atoms with Gasteiger partial charge in [0.05, 0.1) is 10.6 Å². The quantitative estimate of drug-likeness (QED) is 0.852. The lowest BCUT2D eigenvalue weighted by atomic mass is 9.97. The third-order valence-electron chi connectivity index (χ3n) is 3.50. The maximum Gasteiger partial charge on any atom is 0.225 e. The predicted octanol–water partition coefficient (Wildman–Crippen LogP) is 3.36. The van der Waals surface area contributed by atoms with Crippen molar-refractivity contribution >= 4 is 21.4 Å². The fourth-order valence-corrected chi connectivity index (χ4v) is 2.86. The van der Waals surface area contributed by atoms with Gasteiger partial charge in [-0.05, 0) is 29.7 Å². The highest BCUT2D eigenvalue weighted by atomic mass is 32.2. The summed E-state index contributed by atoms with van der Waals surface area (Å²) in [6.45, 7) is 1.90. The van der Waals surface area contributed by atoms with Crippen molar-refractivity contribution in [1.82, 2.24) is 0 Å². The van der Waals surface area contributed by atoms with Crippen LogP contribution >= 0.6 is 0 Å². The predicted molar refractivity (Wildman–Crippen MR) is 87.6 cm³/mol. The molecular formula is C17H18FNO3S. The van der Waals surface area contributed by atoms with Crippen molar-refractivity contribution in [2.75, 3.05) is 11.6 Å². The van der Waals surface area contributed by atoms with Crippen LogP contribution in [0.1, 0.15) is 24.8 Å². The average Bonchev–Trinajstić information content (AvgIpc) is 2.49. The molecule has 0 saturated carbocycles. The monoisotopic (exact) mass is 335 g/mol. The molecule has 0 aromatic heterocycles. The first-order valence-electron chi connectivity index (χ1n) is 7.12. The summed E-state index contributed by atoms with van der Waals surface area (Å²) in [5.41, 5.74) is 0.881. The molecule has 1 unspecified atom stereocenters. The molecule has 6 heteroatoms. The summed E-state index contributed by atoms with van der Waals surface area (Å²) in [5, 5.41) is 2.44. The van der Waals surface area contributed by atoms with Crippen molar-refractivity contribution in [3.05, 3.63) is 59.9 Å². The van der Waals surface area contributed by atoms with Crippen LogP contribution in [0.2, 0.25) is 0 Å². The lowest BCUT2D eigenvalue weighted by Gasteiger charge is -2.13. The van der Waals surface area contributed by atoms with Gasteiger partial charge >= 0.3 is 0 Å². The fraction of sp³-hybridized carbons (Fsp3) is 0.235. The van der Waals surface area contributed by atoms with Crippen LogP contribution < -0.4 is 5.32 Å². The maximum atomic E-state index is 13.8. The van der Waals surface area contributed by atoms with Gasteiger partial charge in [0.25, 0.3) is 0 Å². The van der Waals surface area contributed by atoms with Gasteiger partial charge < -0.3 is 5.32 Å². The second-order valence-corrected chi connectivity index (χ2v) is 7.49. The molecule has 1 N–H and O–H groups in total. The summed E-state index contributed by atoms with van der Waals surface area (Å²) in [6.07, 6.45) is 1.20. The molecule has 2 aromatic carbocycles. The minimum Gasteiger partial charge on any atom is -0.324 e. The van der Waals surface area contributed by atoms with Gasteiger partial charge in [-0.3, -0.25) is 4.79 Å². The molecule has 0 aliphatic carbocycles. The van der Waals surface area contributed by atoms with Crippen LogP contribution in [0.4, 0.5) is 10.1 Å². The topological polar surface area (TPSA) is 63.2 Å². The van der Waals surface area contributed by atoms with E-state index in [2.05, 4.69) is 5.32 Å². The van der Waals surface area contributed by atoms with Crippen LogP contribution in [-0.4, -0.2) is 20.6 Å². The summed E-state index contributed by atoms with van der Waals surface area (Å²) >= 11 is 0. The smallest absolute Gasteiger partial charge is 0.225 e. The highest BCUT2D eigenvalue weighted by Crippen LogP contribution is 2.22. The van der Waals surface area contributed by atoms with Gasteiger partial charge in [-0.25, -0.2) is 12.8 Å². The van der Waals surface area contributed by atoms with E-state index >= 15 is 0 Å². The van der Waals surface area contributed by atoms with E-state index in [1.807, 2.05) is 37.3 Å². The van der Waals surface area contributed by atoms with Gasteiger partial charge in [0.1, 0.15) is 5.82 Å². The number of nitrogens with one attached hydrogen (secondary N) is 1. The minimum atomic E-state index is -3.46. The van der Waals surface area contributed by atoms with Crippen molar-refractivity contribution in [2.24, 2.45) is 0 Å². The Morgan fingerprint density at radius 1 is 1.17 bits per heavy atom. The van der Waals surface area contributed by atoms with E-state index in [4.69, 9.17) is 0 Å². The Labute approximate surface area is 135 Å². The molecule has 0 fully saturated rings. The number of sulfone groups is 1. The number of halogens is 1. The summed E-state index contributed by atoms with van der Waals surface area (Å²) in [7, 11) is -3.46. The molecule has 0 heterocycles. The van der Waals surface area contributed by atoms with Gasteiger partial charge in [-0.2, -0.15) is 0 Å². The molecule has 122 valence electrons. The minimum absolute atomic E-state index is 0.0302. The molecular weight excluding hydrogens is 317 g/mol. The normalized spacial score (nSPS) is 12.7. The molecule has 4 nitrogen and oxygen atoms in total. The first-order chi connectivity index (χ1) is 10.8. The summed E-state index contributed by atoms with van der Waals surface area (Å²) in [6, 6.07) is 12.8. The van der Waals surface area contributed by atoms with Crippen LogP contribution in [0.5, 0.6) is 0 Å². The van der Waals surface area contributed by atoms with Crippen molar-refractivity contribution in [2.45, 2.75) is 24.2 Å². The Kier molecular flexibility index (Phi) is 5.15. The standard InChI is InChI=1S/C17H18FNO3S/c1-12(13-6-4-3-5-7-13)10-17(20)19-16-11-14(23(2,21)22)8-9-15(16)18/h3-9,11-12H,10H2,1-2H3,(H,19,20). The molecule has 0 aliphatic rings. The molecule has 2 rings (SSSR count). The van der Waals surface area contributed by atoms with Crippen LogP contribution in [0.15, 0.2) is 53.4 Å². The Balaban J connectivity index is 2.11. The van der Waals surface area contributed by atoms with Crippen molar-refractivity contribution in [3.63, 3.8) is 0 Å². The van der Waals surface area contributed by atoms with E-state index < -0.39 is 15.7 Å². The summed E-state index contributed by atoms with van der Waals surface area (Å²) < 4.78 is 36.8. The fourth-order valence-electron chi connectivity index (χ4n) is 2.21. The molecule has 23 heavy (non-hydrogen) atoms. The molecule has 1 amide bonds. The molecule has 2 aromatic rings. The number of rotatable bonds is 5. The lowest BCUT2D eigenvalue weighted by Crippen LogP contribution is -2.15. The second-order valence-electron chi connectivity index (χ2n) is 5.48. The van der Waals surface area contributed by atoms with Crippen LogP contribution in [0.25, 0.3) is 0 Å². The molecule has 0 spiro atoms. The Morgan fingerprint density at radius 2 is 1.83 bits per heavy atom. The number of amides is 1. The molecule has 0 saturated heterocycles. The summed E-state index contributed by atoms with van der Waals surface area (Å²) in [4.78, 5) is 12.0. The second kappa shape index (κ2) is 6.91. The number of carbonyl (C=O) groups excluding carboxylic acids is 1. The van der Waals surface area contributed by atoms with E-state index in [-0.39, 0.29) is 28.8 Å². The van der Waals surface area contributed by atoms with E-state index in [1.54, 1.807) is 0 Å². The third kappa shape index (κ3) is 4.63. The third-order valence-corrected chi connectivity index (χ3v) is 4.61. The lowest BCUT2D eigenvalue weighted by molar-refractivity contribution is -0.116. The number of benzene rings is 2. The first-order valence-corrected chi connectivity index (χ1v) is 9.01. The van der Waals surface area contributed by atoms with Crippen molar-refractivity contribution in [1.29, 1.82) is 0 Å². The largest absolute Gasteiger partial charge is 0.324 e. The van der Waals surface area contributed by atoms with Crippen LogP contribution in [-0.2, 0) is 14.6 Å². The zero-order chi connectivity index (χ0) is 17.0. The highest BCUT2D eigenvalue weighted by Gasteiger charge is 2.15. The molecule has 1 atom stereocenters. The summed E-state index contributed by atoms with van der Waals surface area (Å²) in [5.74, 6) is -1.07. The Morgan fingerprint density at radius 3 is 2.43 bits per heavy atom. The average molecular weight is 335 g/mol. The zero-order valence-electron chi connectivity index (χ0n) is 12.9. The molecule has 0 radical (unpaired) electrons. The van der Waals surface area contributed by atoms with Gasteiger partial charge in [-0.1, -0.05) is 37.3 Å². The van der Waals surface area contributed by atoms with Gasteiger partial charge in [0.15, 0.2) is 9.84 Å². The van der Waals surface area contributed by atoms with Crippen LogP contribution in [0.3, 0.4) is 0 Å². The van der Waals surface area contributed by atoms with E-state index in [0.29, 0.717) is 0 Å². The highest BCUT2D eigenvalue weighted by molar-refractivity contribution is 7.90. The number of hydrogen-bond acceptors (Lipinski definition) is 3. The zero-order valence-corrected chi connectivity index (χ0v) is 13.7. The Hall–Kier alpha value is -2.21. The van der Waals surface area contributed by atoms with Crippen molar-refractivity contribution < 1.29 is 17.6 Å². The number of anilines is 1. The van der Waals surface area contributed by atoms with Gasteiger partial charge in [-0.15, -0.1) is 0 Å². The molecule has 0 aliphatic heterocycles.